The van der Waals surface area contributed by atoms with E-state index in [1.54, 1.807) is 19.9 Å². The first-order chi connectivity index (χ1) is 9.03. The molecular formula is C15H22O4. The molecule has 0 N–H and O–H groups in total. The standard InChI is InChI=1S/C15H22O4/c1-5-9-13(7-3)19-15(17)11-8-10-14(16)18-12(4)6-2/h6,12-13H,2,7-8,10-11H2,1,3-4H3. The van der Waals surface area contributed by atoms with E-state index in [1.165, 1.54) is 0 Å². The van der Waals surface area contributed by atoms with Gasteiger partial charge in [-0.1, -0.05) is 25.5 Å². The van der Waals surface area contributed by atoms with Crippen molar-refractivity contribution in [3.8, 4) is 11.8 Å². The summed E-state index contributed by atoms with van der Waals surface area (Å²) in [6, 6.07) is 0. The van der Waals surface area contributed by atoms with Gasteiger partial charge in [-0.05, 0) is 26.7 Å². The first-order valence-electron chi connectivity index (χ1n) is 6.47. The second kappa shape index (κ2) is 10.2. The fourth-order valence-corrected chi connectivity index (χ4v) is 1.28. The summed E-state index contributed by atoms with van der Waals surface area (Å²) in [5.41, 5.74) is 0. The van der Waals surface area contributed by atoms with Crippen molar-refractivity contribution in [1.29, 1.82) is 0 Å². The summed E-state index contributed by atoms with van der Waals surface area (Å²) in [5.74, 6) is 4.85. The average Bonchev–Trinajstić information content (AvgIpc) is 2.37. The third-order valence-corrected chi connectivity index (χ3v) is 2.36. The lowest BCUT2D eigenvalue weighted by Gasteiger charge is -2.10. The van der Waals surface area contributed by atoms with Crippen LogP contribution in [0.4, 0.5) is 0 Å². The molecule has 0 rings (SSSR count). The van der Waals surface area contributed by atoms with Crippen molar-refractivity contribution in [2.45, 2.75) is 58.7 Å². The normalized spacial score (nSPS) is 12.6. The molecule has 0 fully saturated rings. The highest BCUT2D eigenvalue weighted by Gasteiger charge is 2.12. The number of carbonyl (C=O) groups excluding carboxylic acids is 2. The molecule has 0 aliphatic heterocycles. The Hall–Kier alpha value is -1.76. The molecule has 0 amide bonds. The number of rotatable bonds is 8. The monoisotopic (exact) mass is 266 g/mol. The van der Waals surface area contributed by atoms with Crippen LogP contribution in [0, 0.1) is 11.8 Å². The number of ether oxygens (including phenoxy) is 2. The smallest absolute Gasteiger partial charge is 0.307 e. The topological polar surface area (TPSA) is 52.6 Å². The van der Waals surface area contributed by atoms with E-state index in [4.69, 9.17) is 9.47 Å². The number of hydrogen-bond acceptors (Lipinski definition) is 4. The first-order valence-corrected chi connectivity index (χ1v) is 6.47. The van der Waals surface area contributed by atoms with Crippen molar-refractivity contribution < 1.29 is 19.1 Å². The summed E-state index contributed by atoms with van der Waals surface area (Å²) in [5, 5.41) is 0. The van der Waals surface area contributed by atoms with Gasteiger partial charge in [-0.3, -0.25) is 9.59 Å². The zero-order valence-corrected chi connectivity index (χ0v) is 11.9. The lowest BCUT2D eigenvalue weighted by atomic mass is 10.2. The zero-order valence-electron chi connectivity index (χ0n) is 11.9. The summed E-state index contributed by atoms with van der Waals surface area (Å²) >= 11 is 0. The van der Waals surface area contributed by atoms with Gasteiger partial charge in [0.25, 0.3) is 0 Å². The van der Waals surface area contributed by atoms with E-state index in [9.17, 15) is 9.59 Å². The van der Waals surface area contributed by atoms with Gasteiger partial charge in [-0.15, -0.1) is 5.92 Å². The first kappa shape index (κ1) is 17.2. The van der Waals surface area contributed by atoms with Gasteiger partial charge in [0.05, 0.1) is 0 Å². The van der Waals surface area contributed by atoms with Crippen molar-refractivity contribution in [2.75, 3.05) is 0 Å². The van der Waals surface area contributed by atoms with Crippen molar-refractivity contribution >= 4 is 11.9 Å². The highest BCUT2D eigenvalue weighted by Crippen LogP contribution is 2.05. The Kier molecular flexibility index (Phi) is 9.25. The van der Waals surface area contributed by atoms with Crippen LogP contribution < -0.4 is 0 Å². The molecule has 0 aromatic carbocycles. The Bertz CT molecular complexity index is 362. The molecule has 2 unspecified atom stereocenters. The van der Waals surface area contributed by atoms with Crippen molar-refractivity contribution in [3.63, 3.8) is 0 Å². The van der Waals surface area contributed by atoms with Crippen LogP contribution in [-0.2, 0) is 19.1 Å². The summed E-state index contributed by atoms with van der Waals surface area (Å²) in [4.78, 5) is 22.8. The summed E-state index contributed by atoms with van der Waals surface area (Å²) in [7, 11) is 0. The van der Waals surface area contributed by atoms with E-state index in [2.05, 4.69) is 18.4 Å². The van der Waals surface area contributed by atoms with Gasteiger partial charge in [0.2, 0.25) is 0 Å². The summed E-state index contributed by atoms with van der Waals surface area (Å²) < 4.78 is 10.1. The van der Waals surface area contributed by atoms with Gasteiger partial charge in [0.1, 0.15) is 6.10 Å². The second-order valence-corrected chi connectivity index (χ2v) is 4.07. The Labute approximate surface area is 115 Å². The fraction of sp³-hybridized carbons (Fsp3) is 0.600. The molecule has 0 aliphatic rings. The third-order valence-electron chi connectivity index (χ3n) is 2.36. The van der Waals surface area contributed by atoms with E-state index in [-0.39, 0.29) is 37.0 Å². The minimum absolute atomic E-state index is 0.194. The molecule has 106 valence electrons. The van der Waals surface area contributed by atoms with Gasteiger partial charge < -0.3 is 9.47 Å². The number of carbonyl (C=O) groups is 2. The average molecular weight is 266 g/mol. The van der Waals surface area contributed by atoms with Crippen LogP contribution in [0.15, 0.2) is 12.7 Å². The Balaban J connectivity index is 3.87. The molecule has 19 heavy (non-hydrogen) atoms. The SMILES string of the molecule is C=CC(C)OC(=O)CCCC(=O)OC(C#CC)CC. The van der Waals surface area contributed by atoms with Crippen LogP contribution in [-0.4, -0.2) is 24.1 Å². The maximum Gasteiger partial charge on any atom is 0.307 e. The summed E-state index contributed by atoms with van der Waals surface area (Å²) in [6.07, 6.45) is 2.35. The van der Waals surface area contributed by atoms with Crippen LogP contribution in [0.2, 0.25) is 0 Å². The van der Waals surface area contributed by atoms with Gasteiger partial charge in [-0.25, -0.2) is 0 Å². The third kappa shape index (κ3) is 8.90. The lowest BCUT2D eigenvalue weighted by Crippen LogP contribution is -2.16. The van der Waals surface area contributed by atoms with Gasteiger partial charge in [0, 0.05) is 12.8 Å². The molecule has 0 spiro atoms. The van der Waals surface area contributed by atoms with Gasteiger partial charge >= 0.3 is 11.9 Å². The maximum absolute atomic E-state index is 11.5. The second-order valence-electron chi connectivity index (χ2n) is 4.07. The van der Waals surface area contributed by atoms with Crippen molar-refractivity contribution in [3.05, 3.63) is 12.7 Å². The van der Waals surface area contributed by atoms with Crippen LogP contribution in [0.5, 0.6) is 0 Å². The molecule has 0 heterocycles. The van der Waals surface area contributed by atoms with E-state index in [1.807, 2.05) is 6.92 Å². The van der Waals surface area contributed by atoms with E-state index < -0.39 is 0 Å². The fourth-order valence-electron chi connectivity index (χ4n) is 1.28. The van der Waals surface area contributed by atoms with Crippen molar-refractivity contribution in [2.24, 2.45) is 0 Å². The molecule has 4 heteroatoms. The molecule has 0 aromatic heterocycles. The molecular weight excluding hydrogens is 244 g/mol. The Morgan fingerprint density at radius 3 is 2.32 bits per heavy atom. The minimum Gasteiger partial charge on any atom is -0.458 e. The Morgan fingerprint density at radius 2 is 1.84 bits per heavy atom. The van der Waals surface area contributed by atoms with Gasteiger partial charge in [-0.2, -0.15) is 0 Å². The van der Waals surface area contributed by atoms with E-state index in [0.717, 1.165) is 0 Å². The zero-order chi connectivity index (χ0) is 14.7. The molecule has 0 saturated carbocycles. The van der Waals surface area contributed by atoms with Crippen LogP contribution in [0.1, 0.15) is 46.5 Å². The minimum atomic E-state index is -0.356. The Morgan fingerprint density at radius 1 is 1.26 bits per heavy atom. The van der Waals surface area contributed by atoms with Gasteiger partial charge in [0.15, 0.2) is 6.10 Å². The highest BCUT2D eigenvalue weighted by atomic mass is 16.5. The number of hydrogen-bond donors (Lipinski definition) is 0. The number of esters is 2. The highest BCUT2D eigenvalue weighted by molar-refractivity contribution is 5.72. The van der Waals surface area contributed by atoms with Crippen LogP contribution >= 0.6 is 0 Å². The molecule has 4 nitrogen and oxygen atoms in total. The van der Waals surface area contributed by atoms with E-state index in [0.29, 0.717) is 12.8 Å². The van der Waals surface area contributed by atoms with Crippen molar-refractivity contribution in [1.82, 2.24) is 0 Å². The quantitative estimate of drug-likeness (QED) is 0.385. The predicted molar refractivity (Wildman–Crippen MR) is 73.2 cm³/mol. The molecule has 0 aliphatic carbocycles. The van der Waals surface area contributed by atoms with E-state index >= 15 is 0 Å². The van der Waals surface area contributed by atoms with Crippen LogP contribution in [0.3, 0.4) is 0 Å². The maximum atomic E-state index is 11.5. The summed E-state index contributed by atoms with van der Waals surface area (Å²) in [6.45, 7) is 8.85. The molecule has 2 atom stereocenters. The molecule has 0 radical (unpaired) electrons. The van der Waals surface area contributed by atoms with Crippen LogP contribution in [0.25, 0.3) is 0 Å². The molecule has 0 aromatic rings. The largest absolute Gasteiger partial charge is 0.458 e. The molecule has 0 saturated heterocycles. The predicted octanol–water partition coefficient (Wildman–Crippen LogP) is 2.62. The lowest BCUT2D eigenvalue weighted by molar-refractivity contribution is -0.148. The molecule has 0 bridgehead atoms.